The van der Waals surface area contributed by atoms with Crippen molar-refractivity contribution in [2.24, 2.45) is 0 Å². The number of esters is 1. The topological polar surface area (TPSA) is 63.6 Å². The molecule has 0 saturated heterocycles. The van der Waals surface area contributed by atoms with Gasteiger partial charge in [-0.2, -0.15) is 0 Å². The van der Waals surface area contributed by atoms with Crippen LogP contribution >= 0.6 is 11.8 Å². The Balaban J connectivity index is 2.98. The van der Waals surface area contributed by atoms with E-state index in [2.05, 4.69) is 0 Å². The van der Waals surface area contributed by atoms with Gasteiger partial charge in [-0.3, -0.25) is 4.79 Å². The van der Waals surface area contributed by atoms with Crippen LogP contribution < -0.4 is 0 Å². The largest absolute Gasteiger partial charge is 0.478 e. The molecule has 98 valence electrons. The summed E-state index contributed by atoms with van der Waals surface area (Å²) < 4.78 is 4.72. The summed E-state index contributed by atoms with van der Waals surface area (Å²) >= 11 is 1.34. The van der Waals surface area contributed by atoms with Gasteiger partial charge >= 0.3 is 11.9 Å². The Morgan fingerprint density at radius 1 is 1.44 bits per heavy atom. The highest BCUT2D eigenvalue weighted by Gasteiger charge is 2.19. The van der Waals surface area contributed by atoms with Gasteiger partial charge in [-0.15, -0.1) is 11.8 Å². The number of rotatable bonds is 5. The highest BCUT2D eigenvalue weighted by Crippen LogP contribution is 2.30. The average molecular weight is 268 g/mol. The SMILES string of the molecule is CCC(Sc1cc(C(=O)O)ccc1C)C(=O)OC. The fraction of sp³-hybridized carbons (Fsp3) is 0.385. The van der Waals surface area contributed by atoms with Crippen molar-refractivity contribution in [2.45, 2.75) is 30.4 Å². The zero-order valence-electron chi connectivity index (χ0n) is 10.6. The highest BCUT2D eigenvalue weighted by molar-refractivity contribution is 8.00. The van der Waals surface area contributed by atoms with Crippen LogP contribution in [0.4, 0.5) is 0 Å². The van der Waals surface area contributed by atoms with Crippen molar-refractivity contribution < 1.29 is 19.4 Å². The lowest BCUT2D eigenvalue weighted by Crippen LogP contribution is -2.17. The first-order chi connectivity index (χ1) is 8.49. The number of hydrogen-bond donors (Lipinski definition) is 1. The summed E-state index contributed by atoms with van der Waals surface area (Å²) in [5.41, 5.74) is 1.18. The predicted octanol–water partition coefficient (Wildman–Crippen LogP) is 2.74. The average Bonchev–Trinajstić information content (AvgIpc) is 2.36. The van der Waals surface area contributed by atoms with Crippen LogP contribution in [0.15, 0.2) is 23.1 Å². The number of ether oxygens (including phenoxy) is 1. The number of aromatic carboxylic acids is 1. The van der Waals surface area contributed by atoms with Gasteiger partial charge in [0.25, 0.3) is 0 Å². The lowest BCUT2D eigenvalue weighted by Gasteiger charge is -2.14. The molecule has 1 atom stereocenters. The van der Waals surface area contributed by atoms with Gasteiger partial charge in [0.1, 0.15) is 5.25 Å². The molecule has 0 aliphatic carbocycles. The van der Waals surface area contributed by atoms with Gasteiger partial charge < -0.3 is 9.84 Å². The predicted molar refractivity (Wildman–Crippen MR) is 70.1 cm³/mol. The summed E-state index contributed by atoms with van der Waals surface area (Å²) in [6.07, 6.45) is 0.633. The van der Waals surface area contributed by atoms with E-state index in [9.17, 15) is 9.59 Å². The number of thioether (sulfide) groups is 1. The second kappa shape index (κ2) is 6.44. The van der Waals surface area contributed by atoms with E-state index < -0.39 is 5.97 Å². The molecule has 0 heterocycles. The summed E-state index contributed by atoms with van der Waals surface area (Å²) in [6.45, 7) is 3.78. The summed E-state index contributed by atoms with van der Waals surface area (Å²) in [5, 5.41) is 8.64. The van der Waals surface area contributed by atoms with Crippen molar-refractivity contribution in [3.05, 3.63) is 29.3 Å². The van der Waals surface area contributed by atoms with Crippen LogP contribution in [0.25, 0.3) is 0 Å². The van der Waals surface area contributed by atoms with Crippen LogP contribution in [-0.2, 0) is 9.53 Å². The molecule has 1 aromatic carbocycles. The molecule has 0 fully saturated rings. The fourth-order valence-electron chi connectivity index (χ4n) is 1.44. The smallest absolute Gasteiger partial charge is 0.335 e. The molecule has 0 bridgehead atoms. The van der Waals surface area contributed by atoms with Crippen molar-refractivity contribution >= 4 is 23.7 Å². The Labute approximate surface area is 110 Å². The Morgan fingerprint density at radius 3 is 2.61 bits per heavy atom. The number of benzene rings is 1. The maximum Gasteiger partial charge on any atom is 0.335 e. The van der Waals surface area contributed by atoms with Gasteiger partial charge in [0.05, 0.1) is 12.7 Å². The summed E-state index contributed by atoms with van der Waals surface area (Å²) in [4.78, 5) is 23.2. The Bertz CT molecular complexity index is 456. The lowest BCUT2D eigenvalue weighted by atomic mass is 10.1. The molecule has 0 radical (unpaired) electrons. The van der Waals surface area contributed by atoms with Crippen molar-refractivity contribution in [2.75, 3.05) is 7.11 Å². The number of carbonyl (C=O) groups is 2. The number of carbonyl (C=O) groups excluding carboxylic acids is 1. The number of methoxy groups -OCH3 is 1. The number of aryl methyl sites for hydroxylation is 1. The summed E-state index contributed by atoms with van der Waals surface area (Å²) in [5.74, 6) is -1.26. The maximum absolute atomic E-state index is 11.5. The standard InChI is InChI=1S/C13H16O4S/c1-4-10(13(16)17-3)18-11-7-9(12(14)15)6-5-8(11)2/h5-7,10H,4H2,1-3H3,(H,14,15). The quantitative estimate of drug-likeness (QED) is 0.657. The molecule has 0 spiro atoms. The van der Waals surface area contributed by atoms with E-state index in [1.807, 2.05) is 13.8 Å². The first-order valence-corrected chi connectivity index (χ1v) is 6.46. The van der Waals surface area contributed by atoms with E-state index >= 15 is 0 Å². The van der Waals surface area contributed by atoms with Gasteiger partial charge in [-0.25, -0.2) is 4.79 Å². The van der Waals surface area contributed by atoms with Crippen LogP contribution in [0.1, 0.15) is 29.3 Å². The van der Waals surface area contributed by atoms with Gasteiger partial charge in [0.15, 0.2) is 0 Å². The molecule has 0 aliphatic rings. The first-order valence-electron chi connectivity index (χ1n) is 5.58. The minimum absolute atomic E-state index is 0.225. The number of hydrogen-bond acceptors (Lipinski definition) is 4. The van der Waals surface area contributed by atoms with Crippen LogP contribution in [0.3, 0.4) is 0 Å². The lowest BCUT2D eigenvalue weighted by molar-refractivity contribution is -0.140. The zero-order chi connectivity index (χ0) is 13.7. The molecule has 1 aromatic rings. The van der Waals surface area contributed by atoms with Crippen LogP contribution in [0, 0.1) is 6.92 Å². The minimum Gasteiger partial charge on any atom is -0.478 e. The monoisotopic (exact) mass is 268 g/mol. The normalized spacial score (nSPS) is 11.9. The number of carboxylic acid groups (broad SMARTS) is 1. The number of carboxylic acids is 1. The van der Waals surface area contributed by atoms with Crippen LogP contribution in [0.2, 0.25) is 0 Å². The van der Waals surface area contributed by atoms with Gasteiger partial charge in [0.2, 0.25) is 0 Å². The third kappa shape index (κ3) is 3.50. The molecular formula is C13H16O4S. The Hall–Kier alpha value is -1.49. The van der Waals surface area contributed by atoms with E-state index in [1.54, 1.807) is 18.2 Å². The third-order valence-electron chi connectivity index (χ3n) is 2.54. The summed E-state index contributed by atoms with van der Waals surface area (Å²) in [7, 11) is 1.35. The fourth-order valence-corrected chi connectivity index (χ4v) is 2.56. The molecule has 4 nitrogen and oxygen atoms in total. The first kappa shape index (κ1) is 14.6. The molecule has 0 saturated carbocycles. The van der Waals surface area contributed by atoms with Gasteiger partial charge in [0, 0.05) is 4.90 Å². The Kier molecular flexibility index (Phi) is 5.22. The molecule has 1 unspecified atom stereocenters. The van der Waals surface area contributed by atoms with E-state index in [0.717, 1.165) is 10.5 Å². The molecule has 5 heteroatoms. The third-order valence-corrected chi connectivity index (χ3v) is 4.04. The van der Waals surface area contributed by atoms with Gasteiger partial charge in [-0.05, 0) is 31.0 Å². The minimum atomic E-state index is -0.969. The van der Waals surface area contributed by atoms with E-state index in [4.69, 9.17) is 9.84 Å². The van der Waals surface area contributed by atoms with Crippen molar-refractivity contribution in [3.63, 3.8) is 0 Å². The maximum atomic E-state index is 11.5. The second-order valence-electron chi connectivity index (χ2n) is 3.82. The molecule has 0 aliphatic heterocycles. The molecule has 0 amide bonds. The summed E-state index contributed by atoms with van der Waals surface area (Å²) in [6, 6.07) is 4.89. The van der Waals surface area contributed by atoms with Gasteiger partial charge in [-0.1, -0.05) is 13.0 Å². The molecule has 0 aromatic heterocycles. The van der Waals surface area contributed by atoms with E-state index in [1.165, 1.54) is 18.9 Å². The second-order valence-corrected chi connectivity index (χ2v) is 5.07. The van der Waals surface area contributed by atoms with E-state index in [0.29, 0.717) is 6.42 Å². The van der Waals surface area contributed by atoms with Crippen LogP contribution in [0.5, 0.6) is 0 Å². The van der Waals surface area contributed by atoms with Crippen LogP contribution in [-0.4, -0.2) is 29.4 Å². The molecule has 1 N–H and O–H groups in total. The highest BCUT2D eigenvalue weighted by atomic mass is 32.2. The molecular weight excluding hydrogens is 252 g/mol. The van der Waals surface area contributed by atoms with Crippen molar-refractivity contribution in [1.82, 2.24) is 0 Å². The van der Waals surface area contributed by atoms with E-state index in [-0.39, 0.29) is 16.8 Å². The molecule has 18 heavy (non-hydrogen) atoms. The Morgan fingerprint density at radius 2 is 2.11 bits per heavy atom. The molecule has 1 rings (SSSR count). The van der Waals surface area contributed by atoms with Crippen molar-refractivity contribution in [3.8, 4) is 0 Å². The van der Waals surface area contributed by atoms with Crippen molar-refractivity contribution in [1.29, 1.82) is 0 Å². The zero-order valence-corrected chi connectivity index (χ0v) is 11.4.